The summed E-state index contributed by atoms with van der Waals surface area (Å²) in [5.74, 6) is 0.542. The normalized spacial score (nSPS) is 14.6. The topological polar surface area (TPSA) is 48.0 Å². The van der Waals surface area contributed by atoms with Crippen LogP contribution in [0.4, 0.5) is 5.69 Å². The molecule has 0 bridgehead atoms. The van der Waals surface area contributed by atoms with Crippen LogP contribution in [0.3, 0.4) is 0 Å². The highest BCUT2D eigenvalue weighted by Crippen LogP contribution is 2.38. The van der Waals surface area contributed by atoms with E-state index < -0.39 is 17.7 Å². The van der Waals surface area contributed by atoms with Crippen molar-refractivity contribution in [2.75, 3.05) is 32.7 Å². The third-order valence-corrected chi connectivity index (χ3v) is 4.94. The molecule has 29 heavy (non-hydrogen) atoms. The van der Waals surface area contributed by atoms with Gasteiger partial charge in [-0.3, -0.25) is 0 Å². The van der Waals surface area contributed by atoms with Gasteiger partial charge in [0.15, 0.2) is 6.10 Å². The molecular weight excluding hydrogens is 366 g/mol. The molecule has 0 saturated heterocycles. The number of esters is 1. The number of anilines is 1. The molecule has 2 aromatic carbocycles. The average molecular weight is 398 g/mol. The molecule has 0 radical (unpaired) electrons. The van der Waals surface area contributed by atoms with Gasteiger partial charge in [-0.25, -0.2) is 4.79 Å². The Labute approximate surface area is 173 Å². The second kappa shape index (κ2) is 8.46. The summed E-state index contributed by atoms with van der Waals surface area (Å²) in [5.41, 5.74) is 4.49. The predicted molar refractivity (Wildman–Crippen MR) is 116 cm³/mol. The molecule has 0 amide bonds. The van der Waals surface area contributed by atoms with E-state index in [0.29, 0.717) is 0 Å². The van der Waals surface area contributed by atoms with E-state index in [4.69, 9.17) is 14.2 Å². The van der Waals surface area contributed by atoms with E-state index in [9.17, 15) is 4.79 Å². The lowest BCUT2D eigenvalue weighted by Gasteiger charge is -2.28. The Kier molecular flexibility index (Phi) is 6.18. The number of nitrogens with zero attached hydrogens (tertiary/aromatic N) is 1. The van der Waals surface area contributed by atoms with Gasteiger partial charge in [0.25, 0.3) is 0 Å². The number of benzene rings is 2. The van der Waals surface area contributed by atoms with Crippen molar-refractivity contribution in [3.63, 3.8) is 0 Å². The van der Waals surface area contributed by atoms with Crippen molar-refractivity contribution < 1.29 is 19.0 Å². The number of carbonyl (C=O) groups is 1. The fraction of sp³-hybridized carbons (Fsp3) is 0.458. The van der Waals surface area contributed by atoms with Gasteiger partial charge in [-0.2, -0.15) is 0 Å². The number of carbonyl (C=O) groups excluding carboxylic acids is 1. The van der Waals surface area contributed by atoms with Gasteiger partial charge < -0.3 is 19.1 Å². The van der Waals surface area contributed by atoms with Crippen molar-refractivity contribution in [3.8, 4) is 16.9 Å². The number of fused-ring (bicyclic) bond motifs is 1. The summed E-state index contributed by atoms with van der Waals surface area (Å²) >= 11 is 0. The van der Waals surface area contributed by atoms with Gasteiger partial charge in [0, 0.05) is 25.3 Å². The molecule has 3 rings (SSSR count). The Morgan fingerprint density at radius 2 is 1.90 bits per heavy atom. The van der Waals surface area contributed by atoms with Crippen LogP contribution in [-0.2, 0) is 20.7 Å². The van der Waals surface area contributed by atoms with E-state index >= 15 is 0 Å². The van der Waals surface area contributed by atoms with Crippen LogP contribution in [0.25, 0.3) is 11.1 Å². The van der Waals surface area contributed by atoms with E-state index in [2.05, 4.69) is 18.2 Å². The predicted octanol–water partition coefficient (Wildman–Crippen LogP) is 4.77. The summed E-state index contributed by atoms with van der Waals surface area (Å²) < 4.78 is 17.0. The summed E-state index contributed by atoms with van der Waals surface area (Å²) in [4.78, 5) is 14.7. The van der Waals surface area contributed by atoms with Crippen LogP contribution in [0.1, 0.15) is 44.4 Å². The first-order valence-electron chi connectivity index (χ1n) is 10.0. The molecule has 0 N–H and O–H groups in total. The molecule has 0 aliphatic carbocycles. The molecule has 0 aromatic heterocycles. The first kappa shape index (κ1) is 21.2. The van der Waals surface area contributed by atoms with Crippen LogP contribution in [0.15, 0.2) is 36.4 Å². The lowest BCUT2D eigenvalue weighted by atomic mass is 9.92. The van der Waals surface area contributed by atoms with Crippen molar-refractivity contribution in [1.82, 2.24) is 0 Å². The molecule has 0 saturated carbocycles. The number of ether oxygens (including phenoxy) is 3. The second-order valence-corrected chi connectivity index (χ2v) is 8.57. The van der Waals surface area contributed by atoms with Gasteiger partial charge in [-0.1, -0.05) is 12.1 Å². The minimum absolute atomic E-state index is 0.404. The van der Waals surface area contributed by atoms with Gasteiger partial charge >= 0.3 is 5.97 Å². The lowest BCUT2D eigenvalue weighted by Crippen LogP contribution is -2.28. The molecule has 156 valence electrons. The van der Waals surface area contributed by atoms with Gasteiger partial charge in [0.05, 0.1) is 19.3 Å². The summed E-state index contributed by atoms with van der Waals surface area (Å²) in [7, 11) is 5.35. The number of hydrogen-bond acceptors (Lipinski definition) is 5. The van der Waals surface area contributed by atoms with Gasteiger partial charge in [0.1, 0.15) is 5.75 Å². The van der Waals surface area contributed by atoms with E-state index in [-0.39, 0.29) is 0 Å². The summed E-state index contributed by atoms with van der Waals surface area (Å²) in [6.45, 7) is 6.58. The third-order valence-electron chi connectivity index (χ3n) is 4.94. The van der Waals surface area contributed by atoms with Crippen molar-refractivity contribution in [1.29, 1.82) is 0 Å². The Bertz CT molecular complexity index is 883. The smallest absolute Gasteiger partial charge is 0.339 e. The van der Waals surface area contributed by atoms with E-state index in [1.165, 1.54) is 12.7 Å². The summed E-state index contributed by atoms with van der Waals surface area (Å²) in [5, 5.41) is 0. The van der Waals surface area contributed by atoms with E-state index in [0.717, 1.165) is 47.6 Å². The minimum atomic E-state index is -0.817. The molecule has 1 atom stereocenters. The third kappa shape index (κ3) is 4.91. The number of methoxy groups -OCH3 is 1. The highest BCUT2D eigenvalue weighted by molar-refractivity contribution is 5.83. The Hall–Kier alpha value is -2.53. The molecule has 0 fully saturated rings. The maximum atomic E-state index is 12.7. The molecule has 2 aromatic rings. The highest BCUT2D eigenvalue weighted by atomic mass is 16.6. The average Bonchev–Trinajstić information content (AvgIpc) is 2.70. The molecule has 5 nitrogen and oxygen atoms in total. The zero-order chi connectivity index (χ0) is 21.2. The van der Waals surface area contributed by atoms with Crippen LogP contribution in [0.5, 0.6) is 5.75 Å². The zero-order valence-corrected chi connectivity index (χ0v) is 18.2. The summed E-state index contributed by atoms with van der Waals surface area (Å²) in [6, 6.07) is 12.3. The highest BCUT2D eigenvalue weighted by Gasteiger charge is 2.30. The molecule has 1 unspecified atom stereocenters. The standard InChI is InChI=1S/C24H31NO4/c1-24(2,3)29-22(23(26)27-6)20-15-18(25(4)5)10-11-19(20)16-9-12-21-17(14-16)8-7-13-28-21/h9-12,14-15,22H,7-8,13H2,1-6H3. The second-order valence-electron chi connectivity index (χ2n) is 8.57. The van der Waals surface area contributed by atoms with Crippen molar-refractivity contribution in [2.45, 2.75) is 45.3 Å². The fourth-order valence-electron chi connectivity index (χ4n) is 3.54. The van der Waals surface area contributed by atoms with Crippen LogP contribution in [0.2, 0.25) is 0 Å². The van der Waals surface area contributed by atoms with Gasteiger partial charge in [-0.15, -0.1) is 0 Å². The quantitative estimate of drug-likeness (QED) is 0.680. The maximum Gasteiger partial charge on any atom is 0.339 e. The monoisotopic (exact) mass is 397 g/mol. The fourth-order valence-corrected chi connectivity index (χ4v) is 3.54. The van der Waals surface area contributed by atoms with Crippen molar-refractivity contribution in [3.05, 3.63) is 47.5 Å². The molecule has 0 spiro atoms. The van der Waals surface area contributed by atoms with Crippen LogP contribution in [0, 0.1) is 0 Å². The first-order chi connectivity index (χ1) is 13.7. The van der Waals surface area contributed by atoms with Crippen LogP contribution < -0.4 is 9.64 Å². The van der Waals surface area contributed by atoms with Gasteiger partial charge in [-0.05, 0) is 74.6 Å². The van der Waals surface area contributed by atoms with Crippen LogP contribution in [-0.4, -0.2) is 39.4 Å². The number of aryl methyl sites for hydroxylation is 1. The molecule has 1 aliphatic heterocycles. The Morgan fingerprint density at radius 1 is 1.14 bits per heavy atom. The van der Waals surface area contributed by atoms with Crippen molar-refractivity contribution in [2.24, 2.45) is 0 Å². The first-order valence-corrected chi connectivity index (χ1v) is 10.0. The molecule has 1 aliphatic rings. The Morgan fingerprint density at radius 3 is 2.55 bits per heavy atom. The zero-order valence-electron chi connectivity index (χ0n) is 18.2. The van der Waals surface area contributed by atoms with Crippen molar-refractivity contribution >= 4 is 11.7 Å². The molecular formula is C24H31NO4. The number of hydrogen-bond donors (Lipinski definition) is 0. The molecule has 5 heteroatoms. The SMILES string of the molecule is COC(=O)C(OC(C)(C)C)c1cc(N(C)C)ccc1-c1ccc2c(c1)CCCO2. The van der Waals surface area contributed by atoms with Gasteiger partial charge in [0.2, 0.25) is 0 Å². The minimum Gasteiger partial charge on any atom is -0.493 e. The number of rotatable bonds is 5. The largest absolute Gasteiger partial charge is 0.493 e. The maximum absolute atomic E-state index is 12.7. The van der Waals surface area contributed by atoms with E-state index in [1.54, 1.807) is 0 Å². The lowest BCUT2D eigenvalue weighted by molar-refractivity contribution is -0.164. The summed E-state index contributed by atoms with van der Waals surface area (Å²) in [6.07, 6.45) is 1.19. The van der Waals surface area contributed by atoms with Crippen LogP contribution >= 0.6 is 0 Å². The van der Waals surface area contributed by atoms with E-state index in [1.807, 2.05) is 58.0 Å². The Balaban J connectivity index is 2.15. The molecule has 1 heterocycles.